The molecule has 0 aliphatic rings. The number of pyridine rings is 1. The Morgan fingerprint density at radius 3 is 2.64 bits per heavy atom. The zero-order valence-electron chi connectivity index (χ0n) is 15.1. The van der Waals surface area contributed by atoms with Gasteiger partial charge in [0.25, 0.3) is 5.91 Å². The van der Waals surface area contributed by atoms with E-state index in [1.165, 1.54) is 0 Å². The molecule has 0 atom stereocenters. The SMILES string of the molecule is Cc1nc2c(NC(=O)c3c(Cl)cccc3Cl)cccn2c1CCn1ccnc1. The van der Waals surface area contributed by atoms with Crippen LogP contribution in [0, 0.1) is 6.92 Å². The number of aryl methyl sites for hydroxylation is 3. The number of nitrogens with zero attached hydrogens (tertiary/aromatic N) is 4. The minimum Gasteiger partial charge on any atom is -0.337 e. The Balaban J connectivity index is 1.65. The van der Waals surface area contributed by atoms with Crippen LogP contribution in [-0.2, 0) is 13.0 Å². The molecule has 4 aromatic rings. The molecule has 0 aliphatic carbocycles. The van der Waals surface area contributed by atoms with Crippen molar-refractivity contribution < 1.29 is 4.79 Å². The Bertz CT molecular complexity index is 1130. The number of fused-ring (bicyclic) bond motifs is 1. The highest BCUT2D eigenvalue weighted by Crippen LogP contribution is 2.27. The van der Waals surface area contributed by atoms with Gasteiger partial charge in [-0.05, 0) is 31.2 Å². The monoisotopic (exact) mass is 413 g/mol. The molecule has 4 rings (SSSR count). The van der Waals surface area contributed by atoms with Gasteiger partial charge >= 0.3 is 0 Å². The third-order valence-corrected chi connectivity index (χ3v) is 5.18. The van der Waals surface area contributed by atoms with E-state index in [1.807, 2.05) is 40.4 Å². The molecule has 0 unspecified atom stereocenters. The van der Waals surface area contributed by atoms with E-state index < -0.39 is 0 Å². The van der Waals surface area contributed by atoms with Gasteiger partial charge in [-0.1, -0.05) is 29.3 Å². The van der Waals surface area contributed by atoms with Gasteiger partial charge in [0, 0.05) is 37.3 Å². The molecule has 6 nitrogen and oxygen atoms in total. The van der Waals surface area contributed by atoms with E-state index in [-0.39, 0.29) is 11.5 Å². The average Bonchev–Trinajstić information content (AvgIpc) is 3.28. The molecule has 0 radical (unpaired) electrons. The highest BCUT2D eigenvalue weighted by Gasteiger charge is 2.18. The fourth-order valence-electron chi connectivity index (χ4n) is 3.18. The third-order valence-electron chi connectivity index (χ3n) is 4.55. The maximum Gasteiger partial charge on any atom is 0.258 e. The van der Waals surface area contributed by atoms with E-state index in [2.05, 4.69) is 15.3 Å². The van der Waals surface area contributed by atoms with Gasteiger partial charge in [-0.2, -0.15) is 0 Å². The summed E-state index contributed by atoms with van der Waals surface area (Å²) < 4.78 is 4.01. The van der Waals surface area contributed by atoms with E-state index in [4.69, 9.17) is 23.2 Å². The predicted molar refractivity (Wildman–Crippen MR) is 110 cm³/mol. The topological polar surface area (TPSA) is 64.2 Å². The van der Waals surface area contributed by atoms with Crippen molar-refractivity contribution in [2.45, 2.75) is 19.9 Å². The number of carbonyl (C=O) groups is 1. The van der Waals surface area contributed by atoms with E-state index in [1.54, 1.807) is 30.7 Å². The second kappa shape index (κ2) is 7.66. The van der Waals surface area contributed by atoms with Gasteiger partial charge in [0.2, 0.25) is 0 Å². The van der Waals surface area contributed by atoms with Crippen LogP contribution >= 0.6 is 23.2 Å². The van der Waals surface area contributed by atoms with Gasteiger partial charge in [0.1, 0.15) is 0 Å². The number of anilines is 1. The van der Waals surface area contributed by atoms with E-state index >= 15 is 0 Å². The van der Waals surface area contributed by atoms with E-state index in [0.717, 1.165) is 24.4 Å². The highest BCUT2D eigenvalue weighted by atomic mass is 35.5. The summed E-state index contributed by atoms with van der Waals surface area (Å²) in [5, 5.41) is 3.49. The van der Waals surface area contributed by atoms with Crippen LogP contribution in [0.25, 0.3) is 5.65 Å². The summed E-state index contributed by atoms with van der Waals surface area (Å²) in [6.45, 7) is 2.76. The van der Waals surface area contributed by atoms with Crippen molar-refractivity contribution in [1.29, 1.82) is 0 Å². The Morgan fingerprint density at radius 1 is 1.14 bits per heavy atom. The Morgan fingerprint density at radius 2 is 1.93 bits per heavy atom. The lowest BCUT2D eigenvalue weighted by molar-refractivity contribution is 0.102. The van der Waals surface area contributed by atoms with Gasteiger partial charge in [-0.15, -0.1) is 0 Å². The molecule has 0 aliphatic heterocycles. The van der Waals surface area contributed by atoms with Crippen molar-refractivity contribution in [3.05, 3.63) is 82.2 Å². The maximum atomic E-state index is 12.7. The standard InChI is InChI=1S/C20H17Cl2N5O/c1-13-17(7-10-26-11-8-23-12-26)27-9-3-6-16(19(27)24-13)25-20(28)18-14(21)4-2-5-15(18)22/h2-6,8-9,11-12H,7,10H2,1H3,(H,25,28). The molecule has 0 fully saturated rings. The van der Waals surface area contributed by atoms with Crippen LogP contribution in [0.1, 0.15) is 21.7 Å². The van der Waals surface area contributed by atoms with Crippen LogP contribution in [0.4, 0.5) is 5.69 Å². The molecule has 0 saturated carbocycles. The van der Waals surface area contributed by atoms with Crippen LogP contribution in [0.15, 0.2) is 55.2 Å². The first-order valence-electron chi connectivity index (χ1n) is 8.72. The fraction of sp³-hybridized carbons (Fsp3) is 0.150. The molecule has 142 valence electrons. The summed E-state index contributed by atoms with van der Waals surface area (Å²) in [4.78, 5) is 21.5. The molecular weight excluding hydrogens is 397 g/mol. The van der Waals surface area contributed by atoms with Gasteiger partial charge < -0.3 is 14.3 Å². The van der Waals surface area contributed by atoms with Gasteiger partial charge in [-0.25, -0.2) is 9.97 Å². The van der Waals surface area contributed by atoms with Crippen LogP contribution < -0.4 is 5.32 Å². The number of carbonyl (C=O) groups excluding carboxylic acids is 1. The Kier molecular flexibility index (Phi) is 5.07. The van der Waals surface area contributed by atoms with E-state index in [0.29, 0.717) is 21.4 Å². The number of imidazole rings is 2. The van der Waals surface area contributed by atoms with E-state index in [9.17, 15) is 4.79 Å². The molecule has 1 N–H and O–H groups in total. The van der Waals surface area contributed by atoms with Crippen molar-refractivity contribution in [3.8, 4) is 0 Å². The average molecular weight is 414 g/mol. The maximum absolute atomic E-state index is 12.7. The number of nitrogens with one attached hydrogen (secondary N) is 1. The van der Waals surface area contributed by atoms with Crippen LogP contribution in [0.5, 0.6) is 0 Å². The number of amides is 1. The summed E-state index contributed by atoms with van der Waals surface area (Å²) in [6.07, 6.45) is 8.21. The Hall–Kier alpha value is -2.83. The van der Waals surface area contributed by atoms with Gasteiger partial charge in [0.15, 0.2) is 5.65 Å². The lowest BCUT2D eigenvalue weighted by Crippen LogP contribution is -2.14. The molecule has 8 heteroatoms. The fourth-order valence-corrected chi connectivity index (χ4v) is 3.75. The number of halogens is 2. The third kappa shape index (κ3) is 3.48. The van der Waals surface area contributed by atoms with Crippen LogP contribution in [0.2, 0.25) is 10.0 Å². The van der Waals surface area contributed by atoms with Crippen LogP contribution in [-0.4, -0.2) is 24.8 Å². The summed E-state index contributed by atoms with van der Waals surface area (Å²) in [7, 11) is 0. The first kappa shape index (κ1) is 18.5. The second-order valence-corrected chi connectivity index (χ2v) is 7.18. The van der Waals surface area contributed by atoms with Crippen molar-refractivity contribution in [1.82, 2.24) is 18.9 Å². The summed E-state index contributed by atoms with van der Waals surface area (Å²) in [6, 6.07) is 8.66. The number of hydrogen-bond donors (Lipinski definition) is 1. The molecule has 0 saturated heterocycles. The smallest absolute Gasteiger partial charge is 0.258 e. The lowest BCUT2D eigenvalue weighted by Gasteiger charge is -2.10. The van der Waals surface area contributed by atoms with Gasteiger partial charge in [-0.3, -0.25) is 4.79 Å². The predicted octanol–water partition coefficient (Wildman–Crippen LogP) is 4.64. The molecule has 28 heavy (non-hydrogen) atoms. The van der Waals surface area contributed by atoms with Crippen molar-refractivity contribution in [2.24, 2.45) is 0 Å². The molecule has 1 aromatic carbocycles. The minimum absolute atomic E-state index is 0.247. The zero-order valence-corrected chi connectivity index (χ0v) is 16.6. The van der Waals surface area contributed by atoms with Crippen molar-refractivity contribution in [3.63, 3.8) is 0 Å². The molecule has 0 spiro atoms. The molecular formula is C20H17Cl2N5O. The lowest BCUT2D eigenvalue weighted by atomic mass is 10.2. The quantitative estimate of drug-likeness (QED) is 0.518. The molecule has 3 heterocycles. The minimum atomic E-state index is -0.371. The molecule has 0 bridgehead atoms. The molecule has 3 aromatic heterocycles. The summed E-state index contributed by atoms with van der Waals surface area (Å²) >= 11 is 12.3. The van der Waals surface area contributed by atoms with Crippen molar-refractivity contribution >= 4 is 40.4 Å². The normalized spacial score (nSPS) is 11.1. The first-order chi connectivity index (χ1) is 13.5. The zero-order chi connectivity index (χ0) is 19.7. The first-order valence-corrected chi connectivity index (χ1v) is 9.48. The summed E-state index contributed by atoms with van der Waals surface area (Å²) in [5.41, 5.74) is 3.52. The Labute approximate surface area is 171 Å². The highest BCUT2D eigenvalue weighted by molar-refractivity contribution is 6.40. The van der Waals surface area contributed by atoms with Gasteiger partial charge in [0.05, 0.1) is 33.3 Å². The molecule has 1 amide bonds. The summed E-state index contributed by atoms with van der Waals surface area (Å²) in [5.74, 6) is -0.371. The second-order valence-electron chi connectivity index (χ2n) is 6.36. The number of benzene rings is 1. The number of rotatable bonds is 5. The van der Waals surface area contributed by atoms with Crippen LogP contribution in [0.3, 0.4) is 0 Å². The number of hydrogen-bond acceptors (Lipinski definition) is 3. The van der Waals surface area contributed by atoms with Crippen molar-refractivity contribution in [2.75, 3.05) is 5.32 Å². The number of aromatic nitrogens is 4. The largest absolute Gasteiger partial charge is 0.337 e.